The molecule has 0 amide bonds. The molecule has 0 aliphatic rings. The normalized spacial score (nSPS) is 10.7. The van der Waals surface area contributed by atoms with Crippen LogP contribution in [0.4, 0.5) is 15.8 Å². The predicted molar refractivity (Wildman–Crippen MR) is 87.3 cm³/mol. The predicted octanol–water partition coefficient (Wildman–Crippen LogP) is 4.68. The van der Waals surface area contributed by atoms with E-state index in [1.165, 1.54) is 11.3 Å². The zero-order chi connectivity index (χ0) is 15.4. The van der Waals surface area contributed by atoms with E-state index in [1.54, 1.807) is 18.2 Å². The molecule has 0 radical (unpaired) electrons. The molecule has 6 heteroatoms. The van der Waals surface area contributed by atoms with Crippen LogP contribution in [0.3, 0.4) is 0 Å². The molecule has 5 nitrogen and oxygen atoms in total. The highest BCUT2D eigenvalue weighted by atomic mass is 32.1. The van der Waals surface area contributed by atoms with E-state index in [-0.39, 0.29) is 0 Å². The molecule has 106 valence electrons. The van der Waals surface area contributed by atoms with Crippen molar-refractivity contribution in [2.24, 2.45) is 10.2 Å². The van der Waals surface area contributed by atoms with Crippen LogP contribution in [0.2, 0.25) is 0 Å². The lowest BCUT2D eigenvalue weighted by Crippen LogP contribution is -1.82. The number of aromatic nitrogens is 1. The number of nitrogens with zero attached hydrogens (tertiary/aromatic N) is 4. The van der Waals surface area contributed by atoms with Crippen LogP contribution in [-0.2, 0) is 0 Å². The number of hydrogen-bond acceptors (Lipinski definition) is 6. The first-order valence-corrected chi connectivity index (χ1v) is 7.32. The van der Waals surface area contributed by atoms with Crippen LogP contribution in [0.5, 0.6) is 0 Å². The Morgan fingerprint density at radius 2 is 1.73 bits per heavy atom. The Hall–Kier alpha value is -3.04. The topological polar surface area (TPSA) is 87.4 Å². The van der Waals surface area contributed by atoms with Gasteiger partial charge in [-0.15, -0.1) is 10.2 Å². The van der Waals surface area contributed by atoms with Gasteiger partial charge in [-0.25, -0.2) is 4.98 Å². The fraction of sp³-hybridized carbons (Fsp3) is 0. The van der Waals surface area contributed by atoms with E-state index in [4.69, 9.17) is 11.0 Å². The molecule has 0 spiro atoms. The number of nitrogens with two attached hydrogens (primary N) is 1. The highest BCUT2D eigenvalue weighted by Gasteiger charge is 2.11. The van der Waals surface area contributed by atoms with Crippen molar-refractivity contribution in [3.8, 4) is 17.3 Å². The van der Waals surface area contributed by atoms with Gasteiger partial charge >= 0.3 is 0 Å². The highest BCUT2D eigenvalue weighted by molar-refractivity contribution is 7.19. The van der Waals surface area contributed by atoms with E-state index in [9.17, 15) is 0 Å². The molecule has 1 heterocycles. The molecule has 0 atom stereocenters. The third-order valence-corrected chi connectivity index (χ3v) is 3.71. The molecule has 1 aromatic heterocycles. The number of anilines is 1. The summed E-state index contributed by atoms with van der Waals surface area (Å²) in [6.07, 6.45) is 0. The van der Waals surface area contributed by atoms with Gasteiger partial charge in [0.2, 0.25) is 0 Å². The maximum Gasteiger partial charge on any atom is 0.182 e. The van der Waals surface area contributed by atoms with Crippen LogP contribution in [-0.4, -0.2) is 4.98 Å². The van der Waals surface area contributed by atoms with Crippen LogP contribution in [0, 0.1) is 11.3 Å². The first-order valence-electron chi connectivity index (χ1n) is 6.50. The number of thiazole rings is 1. The molecule has 2 N–H and O–H groups in total. The lowest BCUT2D eigenvalue weighted by Gasteiger charge is -1.97. The summed E-state index contributed by atoms with van der Waals surface area (Å²) < 4.78 is 0. The second kappa shape index (κ2) is 6.16. The lowest BCUT2D eigenvalue weighted by atomic mass is 10.2. The number of benzene rings is 2. The monoisotopic (exact) mass is 305 g/mol. The second-order valence-electron chi connectivity index (χ2n) is 4.40. The first kappa shape index (κ1) is 13.9. The van der Waals surface area contributed by atoms with Gasteiger partial charge in [0.25, 0.3) is 0 Å². The van der Waals surface area contributed by atoms with Crippen molar-refractivity contribution in [2.75, 3.05) is 5.73 Å². The fourth-order valence-electron chi connectivity index (χ4n) is 1.93. The highest BCUT2D eigenvalue weighted by Crippen LogP contribution is 2.37. The fourth-order valence-corrected chi connectivity index (χ4v) is 2.61. The Bertz CT molecular complexity index is 862. The second-order valence-corrected chi connectivity index (χ2v) is 5.41. The van der Waals surface area contributed by atoms with Gasteiger partial charge < -0.3 is 5.73 Å². The molecule has 0 saturated carbocycles. The summed E-state index contributed by atoms with van der Waals surface area (Å²) >= 11 is 1.27. The number of azo groups is 1. The molecule has 0 bridgehead atoms. The Morgan fingerprint density at radius 1 is 1.00 bits per heavy atom. The number of hydrogen-bond donors (Lipinski definition) is 1. The molecule has 3 aromatic rings. The van der Waals surface area contributed by atoms with Crippen LogP contribution in [0.25, 0.3) is 11.3 Å². The van der Waals surface area contributed by atoms with E-state index >= 15 is 0 Å². The van der Waals surface area contributed by atoms with Crippen LogP contribution in [0.1, 0.15) is 5.56 Å². The average Bonchev–Trinajstić information content (AvgIpc) is 2.95. The van der Waals surface area contributed by atoms with E-state index < -0.39 is 0 Å². The van der Waals surface area contributed by atoms with Crippen LogP contribution in [0.15, 0.2) is 64.8 Å². The molecule has 0 saturated heterocycles. The van der Waals surface area contributed by atoms with Crippen molar-refractivity contribution in [3.05, 3.63) is 60.2 Å². The molecular formula is C16H11N5S. The maximum absolute atomic E-state index is 9.07. The standard InChI is InChI=1S/C16H11N5S/c17-10-12-8-4-5-9-13(12)20-21-15-14(19-16(18)22-15)11-6-2-1-3-7-11/h1-9H,(H2,18,19). The van der Waals surface area contributed by atoms with E-state index in [0.717, 1.165) is 5.56 Å². The Labute approximate surface area is 131 Å². The first-order chi connectivity index (χ1) is 10.8. The van der Waals surface area contributed by atoms with Crippen LogP contribution >= 0.6 is 11.3 Å². The summed E-state index contributed by atoms with van der Waals surface area (Å²) in [6, 6.07) is 18.8. The quantitative estimate of drug-likeness (QED) is 0.712. The average molecular weight is 305 g/mol. The minimum Gasteiger partial charge on any atom is -0.375 e. The van der Waals surface area contributed by atoms with E-state index in [1.807, 2.05) is 36.4 Å². The van der Waals surface area contributed by atoms with Crippen molar-refractivity contribution >= 4 is 27.2 Å². The SMILES string of the molecule is N#Cc1ccccc1N=Nc1sc(N)nc1-c1ccccc1. The van der Waals surface area contributed by atoms with Gasteiger partial charge in [-0.1, -0.05) is 53.8 Å². The Morgan fingerprint density at radius 3 is 2.50 bits per heavy atom. The molecule has 3 rings (SSSR count). The lowest BCUT2D eigenvalue weighted by molar-refractivity contribution is 1.23. The smallest absolute Gasteiger partial charge is 0.182 e. The Kier molecular flexibility index (Phi) is 3.90. The van der Waals surface area contributed by atoms with Crippen molar-refractivity contribution in [1.29, 1.82) is 5.26 Å². The number of rotatable bonds is 3. The maximum atomic E-state index is 9.07. The molecule has 2 aromatic carbocycles. The zero-order valence-electron chi connectivity index (χ0n) is 11.5. The Balaban J connectivity index is 2.00. The molecule has 22 heavy (non-hydrogen) atoms. The van der Waals surface area contributed by atoms with Gasteiger partial charge in [-0.05, 0) is 12.1 Å². The number of nitrogen functional groups attached to an aromatic ring is 1. The van der Waals surface area contributed by atoms with Gasteiger partial charge in [0.1, 0.15) is 17.5 Å². The summed E-state index contributed by atoms with van der Waals surface area (Å²) in [5.74, 6) is 0. The third kappa shape index (κ3) is 2.85. The summed E-state index contributed by atoms with van der Waals surface area (Å²) in [7, 11) is 0. The van der Waals surface area contributed by atoms with Gasteiger partial charge in [0.15, 0.2) is 10.1 Å². The zero-order valence-corrected chi connectivity index (χ0v) is 12.3. The van der Waals surface area contributed by atoms with Crippen molar-refractivity contribution in [1.82, 2.24) is 4.98 Å². The minimum atomic E-state index is 0.432. The summed E-state index contributed by atoms with van der Waals surface area (Å²) in [6.45, 7) is 0. The van der Waals surface area contributed by atoms with Crippen LogP contribution < -0.4 is 5.73 Å². The van der Waals surface area contributed by atoms with Gasteiger partial charge in [0, 0.05) is 5.56 Å². The molecular weight excluding hydrogens is 294 g/mol. The molecule has 0 unspecified atom stereocenters. The van der Waals surface area contributed by atoms with Crippen molar-refractivity contribution in [2.45, 2.75) is 0 Å². The van der Waals surface area contributed by atoms with Crippen molar-refractivity contribution < 1.29 is 0 Å². The summed E-state index contributed by atoms with van der Waals surface area (Å²) in [4.78, 5) is 4.31. The number of nitriles is 1. The molecule has 0 aliphatic carbocycles. The minimum absolute atomic E-state index is 0.432. The largest absolute Gasteiger partial charge is 0.375 e. The van der Waals surface area contributed by atoms with E-state index in [2.05, 4.69) is 21.3 Å². The van der Waals surface area contributed by atoms with Gasteiger partial charge in [0.05, 0.1) is 5.56 Å². The van der Waals surface area contributed by atoms with Crippen molar-refractivity contribution in [3.63, 3.8) is 0 Å². The van der Waals surface area contributed by atoms with E-state index in [0.29, 0.717) is 27.1 Å². The third-order valence-electron chi connectivity index (χ3n) is 2.95. The molecule has 0 aliphatic heterocycles. The molecule has 0 fully saturated rings. The summed E-state index contributed by atoms with van der Waals surface area (Å²) in [5.41, 5.74) is 8.42. The van der Waals surface area contributed by atoms with Gasteiger partial charge in [-0.2, -0.15) is 5.26 Å². The summed E-state index contributed by atoms with van der Waals surface area (Å²) in [5, 5.41) is 18.5. The van der Waals surface area contributed by atoms with Gasteiger partial charge in [-0.3, -0.25) is 0 Å².